The predicted octanol–water partition coefficient (Wildman–Crippen LogP) is 2.16. The van der Waals surface area contributed by atoms with Gasteiger partial charge in [-0.2, -0.15) is 5.10 Å². The Kier molecular flexibility index (Phi) is 3.49. The molecule has 2 aromatic rings. The minimum absolute atomic E-state index is 0.0642. The van der Waals surface area contributed by atoms with Gasteiger partial charge in [0.1, 0.15) is 18.1 Å². The molecular formula is C12H17N3O2. The first kappa shape index (κ1) is 11.7. The Morgan fingerprint density at radius 3 is 2.76 bits per heavy atom. The molecule has 92 valence electrons. The minimum atomic E-state index is -0.0642. The molecule has 0 radical (unpaired) electrons. The van der Waals surface area contributed by atoms with E-state index < -0.39 is 0 Å². The average molecular weight is 235 g/mol. The fourth-order valence-corrected chi connectivity index (χ4v) is 1.50. The highest BCUT2D eigenvalue weighted by atomic mass is 16.4. The number of furan rings is 1. The molecule has 0 bridgehead atoms. The Morgan fingerprint density at radius 2 is 2.18 bits per heavy atom. The summed E-state index contributed by atoms with van der Waals surface area (Å²) in [4.78, 5) is 0. The van der Waals surface area contributed by atoms with Gasteiger partial charge in [0.15, 0.2) is 0 Å². The lowest BCUT2D eigenvalue weighted by atomic mass is 10.4. The van der Waals surface area contributed by atoms with E-state index in [9.17, 15) is 0 Å². The third-order valence-corrected chi connectivity index (χ3v) is 2.47. The molecule has 0 unspecified atom stereocenters. The number of aromatic nitrogens is 2. The molecule has 5 nitrogen and oxygen atoms in total. The average Bonchev–Trinajstić information content (AvgIpc) is 2.95. The van der Waals surface area contributed by atoms with E-state index in [-0.39, 0.29) is 6.61 Å². The number of hydrogen-bond donors (Lipinski definition) is 2. The van der Waals surface area contributed by atoms with E-state index in [1.807, 2.05) is 16.9 Å². The highest BCUT2D eigenvalue weighted by molar-refractivity contribution is 5.38. The first-order valence-corrected chi connectivity index (χ1v) is 5.65. The van der Waals surface area contributed by atoms with Crippen molar-refractivity contribution in [2.45, 2.75) is 33.0 Å². The summed E-state index contributed by atoms with van der Waals surface area (Å²) in [6.45, 7) is 4.68. The lowest BCUT2D eigenvalue weighted by Gasteiger charge is -2.03. The van der Waals surface area contributed by atoms with Gasteiger partial charge in [-0.1, -0.05) is 0 Å². The Balaban J connectivity index is 1.92. The number of aliphatic hydroxyl groups is 1. The molecule has 0 spiro atoms. The number of rotatable bonds is 5. The summed E-state index contributed by atoms with van der Waals surface area (Å²) in [5, 5.41) is 16.3. The zero-order valence-electron chi connectivity index (χ0n) is 10.1. The number of aliphatic hydroxyl groups excluding tert-OH is 1. The number of nitrogens with zero attached hydrogens (tertiary/aromatic N) is 2. The molecule has 0 fully saturated rings. The van der Waals surface area contributed by atoms with Gasteiger partial charge in [0.05, 0.1) is 18.4 Å². The van der Waals surface area contributed by atoms with Crippen LogP contribution in [0.4, 0.5) is 5.69 Å². The van der Waals surface area contributed by atoms with Crippen molar-refractivity contribution in [1.29, 1.82) is 0 Å². The largest absolute Gasteiger partial charge is 0.462 e. The third-order valence-electron chi connectivity index (χ3n) is 2.47. The van der Waals surface area contributed by atoms with Crippen molar-refractivity contribution < 1.29 is 9.52 Å². The van der Waals surface area contributed by atoms with E-state index in [1.165, 1.54) is 0 Å². The summed E-state index contributed by atoms with van der Waals surface area (Å²) in [7, 11) is 0. The van der Waals surface area contributed by atoms with E-state index in [4.69, 9.17) is 9.52 Å². The van der Waals surface area contributed by atoms with Crippen molar-refractivity contribution in [3.8, 4) is 0 Å². The Morgan fingerprint density at radius 1 is 1.41 bits per heavy atom. The maximum atomic E-state index is 8.87. The van der Waals surface area contributed by atoms with Gasteiger partial charge in [-0.05, 0) is 26.0 Å². The van der Waals surface area contributed by atoms with Gasteiger partial charge in [0.2, 0.25) is 0 Å². The maximum Gasteiger partial charge on any atom is 0.129 e. The van der Waals surface area contributed by atoms with E-state index in [0.717, 1.165) is 11.4 Å². The van der Waals surface area contributed by atoms with Gasteiger partial charge < -0.3 is 14.8 Å². The monoisotopic (exact) mass is 235 g/mol. The molecule has 0 atom stereocenters. The fourth-order valence-electron chi connectivity index (χ4n) is 1.50. The highest BCUT2D eigenvalue weighted by Crippen LogP contribution is 2.13. The second-order valence-electron chi connectivity index (χ2n) is 4.18. The van der Waals surface area contributed by atoms with Crippen LogP contribution in [0.1, 0.15) is 31.4 Å². The summed E-state index contributed by atoms with van der Waals surface area (Å²) < 4.78 is 7.26. The fraction of sp³-hybridized carbons (Fsp3) is 0.417. The van der Waals surface area contributed by atoms with Crippen LogP contribution in [-0.2, 0) is 13.2 Å². The molecule has 17 heavy (non-hydrogen) atoms. The normalized spacial score (nSPS) is 11.1. The van der Waals surface area contributed by atoms with Crippen molar-refractivity contribution in [1.82, 2.24) is 9.78 Å². The molecule has 0 aliphatic heterocycles. The zero-order chi connectivity index (χ0) is 12.3. The highest BCUT2D eigenvalue weighted by Gasteiger charge is 2.03. The van der Waals surface area contributed by atoms with Crippen LogP contribution in [0.2, 0.25) is 0 Å². The van der Waals surface area contributed by atoms with Gasteiger partial charge in [-0.25, -0.2) is 0 Å². The first-order valence-electron chi connectivity index (χ1n) is 5.65. The van der Waals surface area contributed by atoms with Gasteiger partial charge in [-0.3, -0.25) is 4.68 Å². The van der Waals surface area contributed by atoms with E-state index in [1.54, 1.807) is 12.3 Å². The lowest BCUT2D eigenvalue weighted by Crippen LogP contribution is -2.00. The van der Waals surface area contributed by atoms with Crippen molar-refractivity contribution in [3.05, 3.63) is 36.0 Å². The van der Waals surface area contributed by atoms with Crippen LogP contribution in [0.25, 0.3) is 0 Å². The van der Waals surface area contributed by atoms with Crippen LogP contribution in [0.15, 0.2) is 28.9 Å². The Labute approximate surface area is 100 Å². The van der Waals surface area contributed by atoms with Crippen LogP contribution >= 0.6 is 0 Å². The van der Waals surface area contributed by atoms with Crippen molar-refractivity contribution in [2.75, 3.05) is 5.32 Å². The summed E-state index contributed by atoms with van der Waals surface area (Å²) in [5.41, 5.74) is 0.959. The molecule has 2 heterocycles. The second-order valence-corrected chi connectivity index (χ2v) is 4.18. The topological polar surface area (TPSA) is 63.2 Å². The smallest absolute Gasteiger partial charge is 0.129 e. The predicted molar refractivity (Wildman–Crippen MR) is 64.6 cm³/mol. The molecule has 2 N–H and O–H groups in total. The van der Waals surface area contributed by atoms with Crippen molar-refractivity contribution in [3.63, 3.8) is 0 Å². The van der Waals surface area contributed by atoms with Crippen LogP contribution in [-0.4, -0.2) is 14.9 Å². The van der Waals surface area contributed by atoms with E-state index in [0.29, 0.717) is 18.3 Å². The van der Waals surface area contributed by atoms with Gasteiger partial charge in [-0.15, -0.1) is 0 Å². The summed E-state index contributed by atoms with van der Waals surface area (Å²) in [5.74, 6) is 1.38. The second kappa shape index (κ2) is 5.05. The number of anilines is 1. The third kappa shape index (κ3) is 2.88. The molecule has 5 heteroatoms. The molecule has 0 aliphatic carbocycles. The van der Waals surface area contributed by atoms with Gasteiger partial charge in [0.25, 0.3) is 0 Å². The molecule has 2 rings (SSSR count). The molecule has 0 amide bonds. The minimum Gasteiger partial charge on any atom is -0.462 e. The van der Waals surface area contributed by atoms with E-state index >= 15 is 0 Å². The Bertz CT molecular complexity index is 474. The number of hydrogen-bond acceptors (Lipinski definition) is 4. The maximum absolute atomic E-state index is 8.87. The van der Waals surface area contributed by atoms with Crippen molar-refractivity contribution >= 4 is 5.69 Å². The molecule has 0 saturated heterocycles. The first-order chi connectivity index (χ1) is 8.19. The molecule has 0 saturated carbocycles. The molecule has 0 aliphatic rings. The molecule has 2 aromatic heterocycles. The van der Waals surface area contributed by atoms with Crippen LogP contribution < -0.4 is 5.32 Å². The number of nitrogens with one attached hydrogen (secondary N) is 1. The van der Waals surface area contributed by atoms with Crippen LogP contribution in [0, 0.1) is 0 Å². The lowest BCUT2D eigenvalue weighted by molar-refractivity contribution is 0.244. The SMILES string of the molecule is CC(C)n1cc(NCc2ccc(CO)o2)cn1. The summed E-state index contributed by atoms with van der Waals surface area (Å²) >= 11 is 0. The van der Waals surface area contributed by atoms with Crippen molar-refractivity contribution in [2.24, 2.45) is 0 Å². The summed E-state index contributed by atoms with van der Waals surface area (Å²) in [6, 6.07) is 3.98. The standard InChI is InChI=1S/C12H17N3O2/c1-9(2)15-7-10(5-14-15)13-6-11-3-4-12(8-16)17-11/h3-5,7,9,13,16H,6,8H2,1-2H3. The quantitative estimate of drug-likeness (QED) is 0.833. The van der Waals surface area contributed by atoms with Gasteiger partial charge in [0, 0.05) is 12.2 Å². The van der Waals surface area contributed by atoms with Crippen LogP contribution in [0.3, 0.4) is 0 Å². The summed E-state index contributed by atoms with van der Waals surface area (Å²) in [6.07, 6.45) is 3.75. The van der Waals surface area contributed by atoms with E-state index in [2.05, 4.69) is 24.3 Å². The zero-order valence-corrected chi connectivity index (χ0v) is 10.1. The van der Waals surface area contributed by atoms with Gasteiger partial charge >= 0.3 is 0 Å². The molecule has 0 aromatic carbocycles. The molecular weight excluding hydrogens is 218 g/mol. The van der Waals surface area contributed by atoms with Crippen LogP contribution in [0.5, 0.6) is 0 Å². The Hall–Kier alpha value is -1.75.